The first-order chi connectivity index (χ1) is 15.3. The molecule has 0 aliphatic carbocycles. The van der Waals surface area contributed by atoms with Crippen LogP contribution >= 0.6 is 11.3 Å². The molecule has 4 aromatic rings. The van der Waals surface area contributed by atoms with E-state index in [9.17, 15) is 9.90 Å². The molecule has 0 radical (unpaired) electrons. The predicted octanol–water partition coefficient (Wildman–Crippen LogP) is 4.02. The maximum atomic E-state index is 11.6. The van der Waals surface area contributed by atoms with Crippen molar-refractivity contribution in [3.63, 3.8) is 0 Å². The summed E-state index contributed by atoms with van der Waals surface area (Å²) in [5.41, 5.74) is 5.97. The monoisotopic (exact) mass is 446 g/mol. The first kappa shape index (κ1) is 20.3. The molecule has 0 amide bonds. The van der Waals surface area contributed by atoms with Gasteiger partial charge in [0.05, 0.1) is 18.3 Å². The highest BCUT2D eigenvalue weighted by Crippen LogP contribution is 2.39. The van der Waals surface area contributed by atoms with E-state index in [1.54, 1.807) is 16.0 Å². The van der Waals surface area contributed by atoms with Crippen molar-refractivity contribution in [1.29, 1.82) is 0 Å². The molecule has 1 N–H and O–H groups in total. The third kappa shape index (κ3) is 3.25. The Kier molecular flexibility index (Phi) is 4.78. The topological polar surface area (TPSA) is 98.2 Å². The number of nitrogens with zero attached hydrogens (tertiary/aromatic N) is 6. The van der Waals surface area contributed by atoms with E-state index in [0.29, 0.717) is 5.82 Å². The van der Waals surface area contributed by atoms with Gasteiger partial charge in [-0.2, -0.15) is 5.10 Å². The third-order valence-electron chi connectivity index (χ3n) is 5.80. The highest BCUT2D eigenvalue weighted by Gasteiger charge is 2.32. The van der Waals surface area contributed by atoms with E-state index in [-0.39, 0.29) is 6.42 Å². The van der Waals surface area contributed by atoms with Crippen molar-refractivity contribution in [2.45, 2.75) is 33.2 Å². The lowest BCUT2D eigenvalue weighted by atomic mass is 9.97. The minimum absolute atomic E-state index is 0.150. The van der Waals surface area contributed by atoms with Crippen molar-refractivity contribution in [2.75, 3.05) is 0 Å². The fourth-order valence-electron chi connectivity index (χ4n) is 4.08. The second-order valence-corrected chi connectivity index (χ2v) is 9.18. The molecule has 5 rings (SSSR count). The van der Waals surface area contributed by atoms with E-state index in [1.807, 2.05) is 55.2 Å². The molecule has 0 bridgehead atoms. The Morgan fingerprint density at radius 2 is 1.81 bits per heavy atom. The largest absolute Gasteiger partial charge is 0.481 e. The van der Waals surface area contributed by atoms with Crippen LogP contribution in [0.2, 0.25) is 0 Å². The Bertz CT molecular complexity index is 1380. The van der Waals surface area contributed by atoms with Crippen LogP contribution in [0.15, 0.2) is 41.7 Å². The minimum atomic E-state index is -0.921. The normalized spacial score (nSPS) is 15.1. The summed E-state index contributed by atoms with van der Waals surface area (Å²) in [5.74, 6) is 0.367. The predicted molar refractivity (Wildman–Crippen MR) is 123 cm³/mol. The molecule has 9 heteroatoms. The quantitative estimate of drug-likeness (QED) is 0.511. The molecular formula is C23H22N6O2S. The summed E-state index contributed by atoms with van der Waals surface area (Å²) in [4.78, 5) is 17.8. The van der Waals surface area contributed by atoms with Crippen LogP contribution in [-0.4, -0.2) is 41.3 Å². The summed E-state index contributed by atoms with van der Waals surface area (Å²) < 4.78 is 3.74. The van der Waals surface area contributed by atoms with Crippen LogP contribution in [0, 0.1) is 20.8 Å². The average molecular weight is 447 g/mol. The zero-order valence-corrected chi connectivity index (χ0v) is 19.0. The lowest BCUT2D eigenvalue weighted by Crippen LogP contribution is -2.10. The molecule has 0 saturated carbocycles. The van der Waals surface area contributed by atoms with Gasteiger partial charge in [0.25, 0.3) is 0 Å². The van der Waals surface area contributed by atoms with Crippen molar-refractivity contribution in [3.05, 3.63) is 69.9 Å². The summed E-state index contributed by atoms with van der Waals surface area (Å²) in [7, 11) is 1.89. The molecule has 1 aliphatic heterocycles. The first-order valence-corrected chi connectivity index (χ1v) is 11.1. The molecule has 1 aliphatic rings. The highest BCUT2D eigenvalue weighted by atomic mass is 32.1. The standard InChI is InChI=1S/C23H22N6O2S/c1-12-13(2)32-23-20(12)21(16-7-5-15(6-8-16)17-10-24-28(4)11-17)25-18(9-19(30)31)22-27-26-14(3)29(22)23/h5-8,10-11,18H,9H2,1-4H3,(H,30,31)/t18-/m0/s1. The van der Waals surface area contributed by atoms with Crippen molar-refractivity contribution < 1.29 is 9.90 Å². The summed E-state index contributed by atoms with van der Waals surface area (Å²) in [6, 6.07) is 7.54. The van der Waals surface area contributed by atoms with Crippen molar-refractivity contribution in [2.24, 2.45) is 12.0 Å². The number of hydrogen-bond acceptors (Lipinski definition) is 6. The van der Waals surface area contributed by atoms with Crippen LogP contribution in [0.5, 0.6) is 0 Å². The summed E-state index contributed by atoms with van der Waals surface area (Å²) in [6.45, 7) is 6.06. The van der Waals surface area contributed by atoms with Gasteiger partial charge < -0.3 is 5.11 Å². The summed E-state index contributed by atoms with van der Waals surface area (Å²) in [5, 5.41) is 23.3. The van der Waals surface area contributed by atoms with Crippen LogP contribution in [0.3, 0.4) is 0 Å². The Morgan fingerprint density at radius 1 is 1.09 bits per heavy atom. The first-order valence-electron chi connectivity index (χ1n) is 10.2. The third-order valence-corrected chi connectivity index (χ3v) is 7.00. The Hall–Kier alpha value is -3.59. The lowest BCUT2D eigenvalue weighted by Gasteiger charge is -2.11. The fraction of sp³-hybridized carbons (Fsp3) is 0.261. The van der Waals surface area contributed by atoms with Gasteiger partial charge in [0.15, 0.2) is 5.82 Å². The number of carbonyl (C=O) groups is 1. The molecule has 0 unspecified atom stereocenters. The molecule has 3 aromatic heterocycles. The molecule has 0 spiro atoms. The number of aryl methyl sites for hydroxylation is 3. The van der Waals surface area contributed by atoms with Crippen LogP contribution in [0.25, 0.3) is 16.1 Å². The van der Waals surface area contributed by atoms with Crippen LogP contribution in [0.1, 0.15) is 45.7 Å². The number of rotatable bonds is 4. The summed E-state index contributed by atoms with van der Waals surface area (Å²) in [6.07, 6.45) is 3.66. The van der Waals surface area contributed by atoms with Gasteiger partial charge in [-0.05, 0) is 31.9 Å². The van der Waals surface area contributed by atoms with E-state index in [1.165, 1.54) is 4.88 Å². The van der Waals surface area contributed by atoms with E-state index in [0.717, 1.165) is 44.4 Å². The van der Waals surface area contributed by atoms with Crippen LogP contribution in [-0.2, 0) is 11.8 Å². The van der Waals surface area contributed by atoms with Gasteiger partial charge in [-0.3, -0.25) is 19.0 Å². The van der Waals surface area contributed by atoms with Crippen molar-refractivity contribution in [1.82, 2.24) is 24.5 Å². The van der Waals surface area contributed by atoms with Gasteiger partial charge in [-0.1, -0.05) is 24.3 Å². The SMILES string of the molecule is Cc1sc2c(c1C)C(c1ccc(-c3cnn(C)c3)cc1)=N[C@@H](CC(=O)O)c1nnc(C)n1-2. The molecule has 1 atom stereocenters. The van der Waals surface area contributed by atoms with Gasteiger partial charge in [0.2, 0.25) is 0 Å². The zero-order valence-electron chi connectivity index (χ0n) is 18.2. The van der Waals surface area contributed by atoms with Gasteiger partial charge >= 0.3 is 5.97 Å². The van der Waals surface area contributed by atoms with Gasteiger partial charge in [-0.25, -0.2) is 0 Å². The second kappa shape index (κ2) is 7.52. The zero-order chi connectivity index (χ0) is 22.6. The van der Waals surface area contributed by atoms with Crippen LogP contribution < -0.4 is 0 Å². The number of thiophene rings is 1. The lowest BCUT2D eigenvalue weighted by molar-refractivity contribution is -0.137. The average Bonchev–Trinajstić information content (AvgIpc) is 3.41. The maximum absolute atomic E-state index is 11.6. The Morgan fingerprint density at radius 3 is 2.47 bits per heavy atom. The molecule has 0 saturated heterocycles. The van der Waals surface area contributed by atoms with Crippen LogP contribution in [0.4, 0.5) is 0 Å². The molecule has 32 heavy (non-hydrogen) atoms. The smallest absolute Gasteiger partial charge is 0.306 e. The summed E-state index contributed by atoms with van der Waals surface area (Å²) >= 11 is 1.66. The van der Waals surface area contributed by atoms with Gasteiger partial charge in [0.1, 0.15) is 16.9 Å². The van der Waals surface area contributed by atoms with E-state index in [2.05, 4.69) is 29.1 Å². The number of hydrogen-bond donors (Lipinski definition) is 1. The number of aromatic nitrogens is 5. The molecule has 0 fully saturated rings. The molecule has 4 heterocycles. The molecule has 1 aromatic carbocycles. The van der Waals surface area contributed by atoms with Gasteiger partial charge in [0, 0.05) is 34.8 Å². The maximum Gasteiger partial charge on any atom is 0.306 e. The second-order valence-electron chi connectivity index (χ2n) is 7.98. The number of benzene rings is 1. The number of fused-ring (bicyclic) bond motifs is 3. The fourth-order valence-corrected chi connectivity index (χ4v) is 5.29. The van der Waals surface area contributed by atoms with E-state index >= 15 is 0 Å². The number of carboxylic acid groups (broad SMARTS) is 1. The minimum Gasteiger partial charge on any atom is -0.481 e. The number of carboxylic acids is 1. The van der Waals surface area contributed by atoms with Gasteiger partial charge in [-0.15, -0.1) is 21.5 Å². The van der Waals surface area contributed by atoms with Crippen molar-refractivity contribution >= 4 is 23.0 Å². The Labute approximate surface area is 188 Å². The molecular weight excluding hydrogens is 424 g/mol. The van der Waals surface area contributed by atoms with E-state index < -0.39 is 12.0 Å². The highest BCUT2D eigenvalue weighted by molar-refractivity contribution is 7.15. The van der Waals surface area contributed by atoms with E-state index in [4.69, 9.17) is 4.99 Å². The number of aliphatic carboxylic acids is 1. The van der Waals surface area contributed by atoms with Crippen molar-refractivity contribution in [3.8, 4) is 16.1 Å². The molecule has 162 valence electrons. The molecule has 8 nitrogen and oxygen atoms in total. The Balaban J connectivity index is 1.70. The number of aliphatic imine (C=N–C) groups is 1.